The van der Waals surface area contributed by atoms with E-state index in [-0.39, 0.29) is 17.3 Å². The van der Waals surface area contributed by atoms with Crippen LogP contribution < -0.4 is 25.7 Å². The summed E-state index contributed by atoms with van der Waals surface area (Å²) >= 11 is 0. The fourth-order valence-electron chi connectivity index (χ4n) is 4.04. The van der Waals surface area contributed by atoms with Crippen molar-refractivity contribution in [3.8, 4) is 17.2 Å². The second kappa shape index (κ2) is 15.4. The standard InChI is InChI=1S/C20H22FN3O3.C9H21NO2S/c1-4-26-18-9-14(23)12(8-17(18)25-3)19(10-22)27-16-6-5-15-13(20(16)21)7-11(2)24-15;1-4-7-10(5-2)8-9-13(11,12)6-3/h5-10,24H,4,22-23H2,1-3H3;4-9H2,1-3H3/b19-10+;. The number of benzene rings is 2. The molecule has 0 saturated heterocycles. The molecule has 1 heterocycles. The number of aromatic amines is 1. The first-order chi connectivity index (χ1) is 19.0. The summed E-state index contributed by atoms with van der Waals surface area (Å²) in [5.41, 5.74) is 14.3. The molecule has 0 spiro atoms. The van der Waals surface area contributed by atoms with Gasteiger partial charge >= 0.3 is 0 Å². The van der Waals surface area contributed by atoms with E-state index >= 15 is 0 Å². The van der Waals surface area contributed by atoms with Gasteiger partial charge in [-0.1, -0.05) is 20.8 Å². The number of methoxy groups -OCH3 is 1. The third kappa shape index (κ3) is 8.79. The Labute approximate surface area is 237 Å². The number of hydrogen-bond donors (Lipinski definition) is 3. The highest BCUT2D eigenvalue weighted by Gasteiger charge is 2.18. The lowest BCUT2D eigenvalue weighted by Crippen LogP contribution is -2.30. The van der Waals surface area contributed by atoms with Gasteiger partial charge in [0.2, 0.25) is 0 Å². The maximum atomic E-state index is 14.8. The number of aromatic nitrogens is 1. The lowest BCUT2D eigenvalue weighted by Gasteiger charge is -2.18. The molecular weight excluding hydrogens is 535 g/mol. The van der Waals surface area contributed by atoms with Gasteiger partial charge in [0.25, 0.3) is 0 Å². The molecule has 0 fully saturated rings. The predicted molar refractivity (Wildman–Crippen MR) is 161 cm³/mol. The Morgan fingerprint density at radius 1 is 1.07 bits per heavy atom. The van der Waals surface area contributed by atoms with Gasteiger partial charge < -0.3 is 35.6 Å². The van der Waals surface area contributed by atoms with Crippen LogP contribution in [0.2, 0.25) is 0 Å². The summed E-state index contributed by atoms with van der Waals surface area (Å²) in [7, 11) is -1.26. The van der Waals surface area contributed by atoms with E-state index in [9.17, 15) is 12.8 Å². The molecular formula is C29H43FN4O5S. The van der Waals surface area contributed by atoms with Crippen LogP contribution in [0.4, 0.5) is 10.1 Å². The van der Waals surface area contributed by atoms with Gasteiger partial charge in [-0.25, -0.2) is 12.8 Å². The lowest BCUT2D eigenvalue weighted by atomic mass is 10.1. The number of anilines is 1. The average Bonchev–Trinajstić information content (AvgIpc) is 3.33. The summed E-state index contributed by atoms with van der Waals surface area (Å²) in [5.74, 6) is 1.32. The number of rotatable bonds is 13. The van der Waals surface area contributed by atoms with Gasteiger partial charge in [0.1, 0.15) is 0 Å². The molecule has 0 aliphatic heterocycles. The SMILES string of the molecule is CCCN(CC)CCS(=O)(=O)CC.CCOc1cc(N)c(/C(=C\N)Oc2ccc3[nH]c(C)cc3c2F)cc1OC. The van der Waals surface area contributed by atoms with Crippen molar-refractivity contribution in [2.24, 2.45) is 5.73 Å². The van der Waals surface area contributed by atoms with Gasteiger partial charge in [-0.15, -0.1) is 0 Å². The van der Waals surface area contributed by atoms with Crippen molar-refractivity contribution in [2.45, 2.75) is 41.0 Å². The number of nitrogen functional groups attached to an aromatic ring is 1. The molecule has 0 unspecified atom stereocenters. The van der Waals surface area contributed by atoms with Crippen LogP contribution in [0, 0.1) is 12.7 Å². The van der Waals surface area contributed by atoms with E-state index in [0.29, 0.717) is 52.6 Å². The third-order valence-corrected chi connectivity index (χ3v) is 7.94. The fourth-order valence-corrected chi connectivity index (χ4v) is 4.86. The molecule has 0 bridgehead atoms. The van der Waals surface area contributed by atoms with E-state index < -0.39 is 15.7 Å². The van der Waals surface area contributed by atoms with Crippen LogP contribution in [-0.4, -0.2) is 63.2 Å². The first-order valence-corrected chi connectivity index (χ1v) is 15.3. The molecule has 40 heavy (non-hydrogen) atoms. The Morgan fingerprint density at radius 2 is 1.80 bits per heavy atom. The second-order valence-corrected chi connectivity index (χ2v) is 11.6. The van der Waals surface area contributed by atoms with Gasteiger partial charge in [-0.05, 0) is 57.6 Å². The number of nitrogens with one attached hydrogen (secondary N) is 1. The first kappa shape index (κ1) is 32.8. The minimum atomic E-state index is -2.78. The summed E-state index contributed by atoms with van der Waals surface area (Å²) in [4.78, 5) is 5.26. The molecule has 0 radical (unpaired) electrons. The molecule has 0 aliphatic carbocycles. The van der Waals surface area contributed by atoms with Gasteiger partial charge in [-0.3, -0.25) is 0 Å². The highest BCUT2D eigenvalue weighted by Crippen LogP contribution is 2.37. The van der Waals surface area contributed by atoms with Crippen LogP contribution in [0.15, 0.2) is 36.5 Å². The molecule has 222 valence electrons. The molecule has 3 rings (SSSR count). The van der Waals surface area contributed by atoms with Crippen LogP contribution in [0.3, 0.4) is 0 Å². The molecule has 5 N–H and O–H groups in total. The Bertz CT molecular complexity index is 1390. The Balaban J connectivity index is 0.000000366. The highest BCUT2D eigenvalue weighted by molar-refractivity contribution is 7.91. The smallest absolute Gasteiger partial charge is 0.175 e. The Morgan fingerprint density at radius 3 is 2.38 bits per heavy atom. The zero-order valence-electron chi connectivity index (χ0n) is 24.3. The van der Waals surface area contributed by atoms with E-state index in [2.05, 4.69) is 23.7 Å². The lowest BCUT2D eigenvalue weighted by molar-refractivity contribution is 0.305. The quantitative estimate of drug-likeness (QED) is 0.189. The number of nitrogens with two attached hydrogens (primary N) is 2. The second-order valence-electron chi connectivity index (χ2n) is 9.12. The number of halogens is 1. The summed E-state index contributed by atoms with van der Waals surface area (Å²) < 4.78 is 53.8. The number of sulfone groups is 1. The number of fused-ring (bicyclic) bond motifs is 1. The van der Waals surface area contributed by atoms with Gasteiger partial charge in [0.05, 0.1) is 19.5 Å². The van der Waals surface area contributed by atoms with Crippen LogP contribution in [0.1, 0.15) is 45.4 Å². The first-order valence-electron chi connectivity index (χ1n) is 13.4. The molecule has 0 atom stereocenters. The Hall–Kier alpha value is -3.44. The van der Waals surface area contributed by atoms with E-state index in [0.717, 1.165) is 25.2 Å². The van der Waals surface area contributed by atoms with Crippen molar-refractivity contribution in [3.05, 3.63) is 53.6 Å². The van der Waals surface area contributed by atoms with Crippen molar-refractivity contribution >= 4 is 32.2 Å². The van der Waals surface area contributed by atoms with E-state index in [1.807, 2.05) is 13.8 Å². The van der Waals surface area contributed by atoms with E-state index in [1.165, 1.54) is 13.3 Å². The maximum Gasteiger partial charge on any atom is 0.175 e. The number of aryl methyl sites for hydroxylation is 1. The average molecular weight is 579 g/mol. The van der Waals surface area contributed by atoms with Crippen LogP contribution >= 0.6 is 0 Å². The summed E-state index contributed by atoms with van der Waals surface area (Å²) in [6, 6.07) is 8.28. The number of nitrogens with zero attached hydrogens (tertiary/aromatic N) is 1. The van der Waals surface area contributed by atoms with Crippen molar-refractivity contribution in [2.75, 3.05) is 50.6 Å². The molecule has 0 amide bonds. The number of H-pyrrole nitrogens is 1. The minimum Gasteiger partial charge on any atom is -0.493 e. The molecule has 1 aromatic heterocycles. The topological polar surface area (TPSA) is 133 Å². The summed E-state index contributed by atoms with van der Waals surface area (Å²) in [6.45, 7) is 12.7. The maximum absolute atomic E-state index is 14.8. The Kier molecular flexibility index (Phi) is 12.6. The molecule has 9 nitrogen and oxygen atoms in total. The van der Waals surface area contributed by atoms with Crippen LogP contribution in [0.5, 0.6) is 17.2 Å². The number of ether oxygens (including phenoxy) is 3. The van der Waals surface area contributed by atoms with E-state index in [1.54, 1.807) is 37.3 Å². The number of hydrogen-bond acceptors (Lipinski definition) is 8. The van der Waals surface area contributed by atoms with E-state index in [4.69, 9.17) is 25.7 Å². The predicted octanol–water partition coefficient (Wildman–Crippen LogP) is 5.09. The summed E-state index contributed by atoms with van der Waals surface area (Å²) in [5, 5.41) is 0.443. The van der Waals surface area contributed by atoms with Gasteiger partial charge in [0, 0.05) is 52.4 Å². The molecule has 3 aromatic rings. The van der Waals surface area contributed by atoms with Crippen LogP contribution in [-0.2, 0) is 9.84 Å². The molecule has 11 heteroatoms. The zero-order valence-corrected chi connectivity index (χ0v) is 25.2. The van der Waals surface area contributed by atoms with Crippen molar-refractivity contribution in [1.82, 2.24) is 9.88 Å². The van der Waals surface area contributed by atoms with Crippen molar-refractivity contribution in [3.63, 3.8) is 0 Å². The van der Waals surface area contributed by atoms with Gasteiger partial charge in [-0.2, -0.15) is 0 Å². The molecule has 0 aliphatic rings. The third-order valence-electron chi connectivity index (χ3n) is 6.25. The van der Waals surface area contributed by atoms with Crippen LogP contribution in [0.25, 0.3) is 16.7 Å². The normalized spacial score (nSPS) is 11.8. The molecule has 2 aromatic carbocycles. The minimum absolute atomic E-state index is 0.0467. The fraction of sp³-hybridized carbons (Fsp3) is 0.448. The largest absolute Gasteiger partial charge is 0.493 e. The van der Waals surface area contributed by atoms with Crippen molar-refractivity contribution < 1.29 is 27.0 Å². The monoisotopic (exact) mass is 578 g/mol. The molecule has 0 saturated carbocycles. The van der Waals surface area contributed by atoms with Crippen molar-refractivity contribution in [1.29, 1.82) is 0 Å². The zero-order chi connectivity index (χ0) is 29.9. The summed E-state index contributed by atoms with van der Waals surface area (Å²) in [6.07, 6.45) is 2.32. The van der Waals surface area contributed by atoms with Gasteiger partial charge in [0.15, 0.2) is 38.7 Å². The highest BCUT2D eigenvalue weighted by atomic mass is 32.2.